The third kappa shape index (κ3) is 2.82. The average Bonchev–Trinajstić information content (AvgIpc) is 2.97. The Morgan fingerprint density at radius 3 is 2.85 bits per heavy atom. The van der Waals surface area contributed by atoms with Crippen molar-refractivity contribution < 1.29 is 9.90 Å². The van der Waals surface area contributed by atoms with E-state index in [2.05, 4.69) is 25.5 Å². The molecule has 1 saturated heterocycles. The van der Waals surface area contributed by atoms with Gasteiger partial charge in [-0.1, -0.05) is 24.5 Å². The lowest BCUT2D eigenvalue weighted by Gasteiger charge is -2.44. The molecule has 7 nitrogen and oxygen atoms in total. The fraction of sp³-hybridized carbons (Fsp3) is 0.846. The molecule has 20 heavy (non-hydrogen) atoms. The summed E-state index contributed by atoms with van der Waals surface area (Å²) in [6.07, 6.45) is 6.45. The second-order valence-corrected chi connectivity index (χ2v) is 5.97. The van der Waals surface area contributed by atoms with Crippen LogP contribution in [-0.2, 0) is 11.2 Å². The molecule has 3 atom stereocenters. The van der Waals surface area contributed by atoms with Crippen molar-refractivity contribution in [3.63, 3.8) is 0 Å². The number of tetrazole rings is 1. The number of aliphatic carboxylic acids is 1. The first-order chi connectivity index (χ1) is 9.74. The molecule has 1 aromatic rings. The van der Waals surface area contributed by atoms with E-state index in [1.54, 1.807) is 0 Å². The quantitative estimate of drug-likeness (QED) is 0.842. The first-order valence-electron chi connectivity index (χ1n) is 7.43. The van der Waals surface area contributed by atoms with Gasteiger partial charge in [-0.25, -0.2) is 0 Å². The van der Waals surface area contributed by atoms with Gasteiger partial charge in [-0.05, 0) is 24.7 Å². The minimum atomic E-state index is -0.692. The third-order valence-electron chi connectivity index (χ3n) is 4.80. The van der Waals surface area contributed by atoms with Crippen molar-refractivity contribution in [2.75, 3.05) is 13.1 Å². The predicted octanol–water partition coefficient (Wildman–Crippen LogP) is 0.707. The molecule has 1 aliphatic heterocycles. The molecule has 0 bridgehead atoms. The number of hydrogen-bond donors (Lipinski definition) is 2. The lowest BCUT2D eigenvalue weighted by atomic mass is 9.73. The van der Waals surface area contributed by atoms with Crippen LogP contribution in [0, 0.1) is 11.8 Å². The standard InChI is InChI=1S/C13H21N5O2/c19-13(20)11-7-9-3-1-2-4-10(9)8-18(11)6-5-12-14-16-17-15-12/h9-11H,1-8H2,(H,19,20)(H,14,15,16,17). The summed E-state index contributed by atoms with van der Waals surface area (Å²) in [5.74, 6) is 1.23. The molecule has 2 aliphatic rings. The van der Waals surface area contributed by atoms with Crippen LogP contribution in [0.15, 0.2) is 0 Å². The van der Waals surface area contributed by atoms with Crippen molar-refractivity contribution in [2.24, 2.45) is 11.8 Å². The molecular weight excluding hydrogens is 258 g/mol. The zero-order valence-corrected chi connectivity index (χ0v) is 11.5. The number of nitrogens with zero attached hydrogens (tertiary/aromatic N) is 4. The first kappa shape index (κ1) is 13.5. The van der Waals surface area contributed by atoms with Crippen molar-refractivity contribution in [1.29, 1.82) is 0 Å². The van der Waals surface area contributed by atoms with Gasteiger partial charge in [-0.2, -0.15) is 5.21 Å². The van der Waals surface area contributed by atoms with Gasteiger partial charge in [0.05, 0.1) is 0 Å². The molecule has 3 unspecified atom stereocenters. The molecule has 110 valence electrons. The average molecular weight is 279 g/mol. The number of fused-ring (bicyclic) bond motifs is 1. The lowest BCUT2D eigenvalue weighted by molar-refractivity contribution is -0.147. The van der Waals surface area contributed by atoms with Gasteiger partial charge in [-0.15, -0.1) is 10.2 Å². The van der Waals surface area contributed by atoms with Gasteiger partial charge < -0.3 is 5.11 Å². The maximum Gasteiger partial charge on any atom is 0.320 e. The number of H-pyrrole nitrogens is 1. The number of aromatic nitrogens is 4. The Labute approximate surface area is 117 Å². The minimum absolute atomic E-state index is 0.346. The molecular formula is C13H21N5O2. The van der Waals surface area contributed by atoms with Crippen LogP contribution in [0.25, 0.3) is 0 Å². The van der Waals surface area contributed by atoms with Gasteiger partial charge in [0.1, 0.15) is 6.04 Å². The zero-order chi connectivity index (χ0) is 13.9. The number of likely N-dealkylation sites (tertiary alicyclic amines) is 1. The minimum Gasteiger partial charge on any atom is -0.480 e. The fourth-order valence-corrected chi connectivity index (χ4v) is 3.74. The summed E-state index contributed by atoms with van der Waals surface area (Å²) >= 11 is 0. The second kappa shape index (κ2) is 5.87. The van der Waals surface area contributed by atoms with Gasteiger partial charge in [0, 0.05) is 19.5 Å². The van der Waals surface area contributed by atoms with Crippen LogP contribution >= 0.6 is 0 Å². The molecule has 1 aromatic heterocycles. The number of rotatable bonds is 4. The molecule has 2 fully saturated rings. The van der Waals surface area contributed by atoms with Gasteiger partial charge in [-0.3, -0.25) is 9.69 Å². The van der Waals surface area contributed by atoms with E-state index in [0.717, 1.165) is 13.0 Å². The van der Waals surface area contributed by atoms with Gasteiger partial charge in [0.15, 0.2) is 5.82 Å². The zero-order valence-electron chi connectivity index (χ0n) is 11.5. The third-order valence-corrected chi connectivity index (χ3v) is 4.80. The Balaban J connectivity index is 1.64. The topological polar surface area (TPSA) is 95.0 Å². The van der Waals surface area contributed by atoms with Crippen molar-refractivity contribution in [1.82, 2.24) is 25.5 Å². The highest BCUT2D eigenvalue weighted by atomic mass is 16.4. The summed E-state index contributed by atoms with van der Waals surface area (Å²) < 4.78 is 0. The Morgan fingerprint density at radius 2 is 2.15 bits per heavy atom. The lowest BCUT2D eigenvalue weighted by Crippen LogP contribution is -2.52. The molecule has 0 amide bonds. The van der Waals surface area contributed by atoms with Crippen LogP contribution in [0.2, 0.25) is 0 Å². The SMILES string of the molecule is O=C(O)C1CC2CCCCC2CN1CCc1nn[nH]n1. The first-order valence-corrected chi connectivity index (χ1v) is 7.43. The Hall–Kier alpha value is -1.50. The highest BCUT2D eigenvalue weighted by Crippen LogP contribution is 2.38. The molecule has 1 saturated carbocycles. The molecule has 0 spiro atoms. The maximum atomic E-state index is 11.5. The van der Waals surface area contributed by atoms with E-state index >= 15 is 0 Å². The van der Waals surface area contributed by atoms with Crippen LogP contribution in [0.4, 0.5) is 0 Å². The summed E-state index contributed by atoms with van der Waals surface area (Å²) in [5.41, 5.74) is 0. The molecule has 7 heteroatoms. The highest BCUT2D eigenvalue weighted by molar-refractivity contribution is 5.73. The van der Waals surface area contributed by atoms with E-state index in [4.69, 9.17) is 0 Å². The number of piperidine rings is 1. The van der Waals surface area contributed by atoms with E-state index in [1.165, 1.54) is 25.7 Å². The van der Waals surface area contributed by atoms with E-state index in [-0.39, 0.29) is 6.04 Å². The van der Waals surface area contributed by atoms with Crippen molar-refractivity contribution >= 4 is 5.97 Å². The van der Waals surface area contributed by atoms with Crippen molar-refractivity contribution in [3.8, 4) is 0 Å². The van der Waals surface area contributed by atoms with Crippen LogP contribution in [0.1, 0.15) is 37.9 Å². The monoisotopic (exact) mass is 279 g/mol. The van der Waals surface area contributed by atoms with Gasteiger partial charge in [0.2, 0.25) is 0 Å². The van der Waals surface area contributed by atoms with E-state index in [9.17, 15) is 9.90 Å². The molecule has 2 heterocycles. The number of aromatic amines is 1. The van der Waals surface area contributed by atoms with Crippen LogP contribution in [0.3, 0.4) is 0 Å². The molecule has 2 N–H and O–H groups in total. The summed E-state index contributed by atoms with van der Waals surface area (Å²) in [6.45, 7) is 1.60. The van der Waals surface area contributed by atoms with E-state index in [0.29, 0.717) is 30.6 Å². The molecule has 3 rings (SSSR count). The Morgan fingerprint density at radius 1 is 1.35 bits per heavy atom. The summed E-state index contributed by atoms with van der Waals surface area (Å²) in [5, 5.41) is 23.3. The number of carbonyl (C=O) groups is 1. The molecule has 0 radical (unpaired) electrons. The number of carboxylic acid groups (broad SMARTS) is 1. The van der Waals surface area contributed by atoms with Gasteiger partial charge in [0.25, 0.3) is 0 Å². The predicted molar refractivity (Wildman–Crippen MR) is 70.9 cm³/mol. The Bertz CT molecular complexity index is 450. The number of carboxylic acids is 1. The normalized spacial score (nSPS) is 30.9. The summed E-state index contributed by atoms with van der Waals surface area (Å²) in [7, 11) is 0. The smallest absolute Gasteiger partial charge is 0.320 e. The fourth-order valence-electron chi connectivity index (χ4n) is 3.74. The largest absolute Gasteiger partial charge is 0.480 e. The van der Waals surface area contributed by atoms with Crippen LogP contribution in [0.5, 0.6) is 0 Å². The van der Waals surface area contributed by atoms with Crippen molar-refractivity contribution in [2.45, 2.75) is 44.6 Å². The summed E-state index contributed by atoms with van der Waals surface area (Å²) in [6, 6.07) is -0.346. The number of nitrogens with one attached hydrogen (secondary N) is 1. The van der Waals surface area contributed by atoms with Crippen LogP contribution < -0.4 is 0 Å². The van der Waals surface area contributed by atoms with E-state index in [1.807, 2.05) is 0 Å². The molecule has 0 aromatic carbocycles. The van der Waals surface area contributed by atoms with Crippen molar-refractivity contribution in [3.05, 3.63) is 5.82 Å². The summed E-state index contributed by atoms with van der Waals surface area (Å²) in [4.78, 5) is 13.6. The van der Waals surface area contributed by atoms with Gasteiger partial charge >= 0.3 is 5.97 Å². The second-order valence-electron chi connectivity index (χ2n) is 5.97. The Kier molecular flexibility index (Phi) is 3.95. The highest BCUT2D eigenvalue weighted by Gasteiger charge is 2.39. The molecule has 1 aliphatic carbocycles. The van der Waals surface area contributed by atoms with Crippen LogP contribution in [-0.4, -0.2) is 55.7 Å². The maximum absolute atomic E-state index is 11.5. The number of hydrogen-bond acceptors (Lipinski definition) is 5. The van der Waals surface area contributed by atoms with E-state index < -0.39 is 5.97 Å².